The zero-order valence-electron chi connectivity index (χ0n) is 14.3. The van der Waals surface area contributed by atoms with Crippen molar-refractivity contribution < 1.29 is 14.0 Å². The molecule has 0 saturated carbocycles. The van der Waals surface area contributed by atoms with Crippen LogP contribution in [0.2, 0.25) is 0 Å². The molecule has 0 bridgehead atoms. The number of anilines is 1. The maximum atomic E-state index is 13.1. The van der Waals surface area contributed by atoms with E-state index in [1.165, 1.54) is 0 Å². The molecular formula is C22H17NO3. The molecule has 128 valence electrons. The standard InChI is InChI=1S/C22H17NO3/c1-15-7-10-21-19(11-15)20(12-16-5-3-2-4-6-16)22(25)23(21)13-17-8-9-18(14-24)26-17/h2-12,14H,13H2,1H3/b20-12+. The zero-order valence-corrected chi connectivity index (χ0v) is 14.3. The summed E-state index contributed by atoms with van der Waals surface area (Å²) >= 11 is 0. The second-order valence-corrected chi connectivity index (χ2v) is 6.30. The average molecular weight is 343 g/mol. The van der Waals surface area contributed by atoms with Crippen molar-refractivity contribution in [2.45, 2.75) is 13.5 Å². The molecule has 0 N–H and O–H groups in total. The highest BCUT2D eigenvalue weighted by atomic mass is 16.3. The first kappa shape index (κ1) is 16.1. The first-order valence-corrected chi connectivity index (χ1v) is 8.39. The number of rotatable bonds is 4. The molecule has 1 aromatic heterocycles. The van der Waals surface area contributed by atoms with Crippen LogP contribution in [0.4, 0.5) is 5.69 Å². The molecule has 2 heterocycles. The molecule has 3 aromatic rings. The molecule has 1 aliphatic rings. The quantitative estimate of drug-likeness (QED) is 0.518. The molecule has 1 amide bonds. The summed E-state index contributed by atoms with van der Waals surface area (Å²) in [4.78, 5) is 25.6. The van der Waals surface area contributed by atoms with Crippen LogP contribution in [0, 0.1) is 6.92 Å². The molecular weight excluding hydrogens is 326 g/mol. The number of furan rings is 1. The zero-order chi connectivity index (χ0) is 18.1. The number of aldehydes is 1. The topological polar surface area (TPSA) is 50.5 Å². The monoisotopic (exact) mass is 343 g/mol. The highest BCUT2D eigenvalue weighted by molar-refractivity contribution is 6.35. The molecule has 26 heavy (non-hydrogen) atoms. The van der Waals surface area contributed by atoms with Crippen molar-refractivity contribution in [2.75, 3.05) is 4.90 Å². The Morgan fingerprint density at radius 3 is 2.58 bits per heavy atom. The second kappa shape index (κ2) is 6.48. The van der Waals surface area contributed by atoms with Crippen LogP contribution < -0.4 is 4.90 Å². The Hall–Kier alpha value is -3.40. The van der Waals surface area contributed by atoms with E-state index < -0.39 is 0 Å². The van der Waals surface area contributed by atoms with Crippen molar-refractivity contribution in [3.63, 3.8) is 0 Å². The van der Waals surface area contributed by atoms with Gasteiger partial charge in [0.05, 0.1) is 12.2 Å². The summed E-state index contributed by atoms with van der Waals surface area (Å²) in [6, 6.07) is 19.1. The number of carbonyl (C=O) groups excluding carboxylic acids is 2. The van der Waals surface area contributed by atoms with Crippen molar-refractivity contribution in [1.82, 2.24) is 0 Å². The third-order valence-electron chi connectivity index (χ3n) is 4.43. The van der Waals surface area contributed by atoms with Crippen LogP contribution in [0.5, 0.6) is 0 Å². The van der Waals surface area contributed by atoms with Gasteiger partial charge in [0.25, 0.3) is 5.91 Å². The van der Waals surface area contributed by atoms with Crippen LogP contribution in [0.15, 0.2) is 65.1 Å². The number of aryl methyl sites for hydroxylation is 1. The number of nitrogens with zero attached hydrogens (tertiary/aromatic N) is 1. The van der Waals surface area contributed by atoms with E-state index in [1.807, 2.05) is 61.5 Å². The molecule has 0 unspecified atom stereocenters. The van der Waals surface area contributed by atoms with Crippen LogP contribution in [0.3, 0.4) is 0 Å². The van der Waals surface area contributed by atoms with Gasteiger partial charge in [-0.25, -0.2) is 0 Å². The van der Waals surface area contributed by atoms with Gasteiger partial charge in [-0.1, -0.05) is 42.0 Å². The van der Waals surface area contributed by atoms with Crippen LogP contribution >= 0.6 is 0 Å². The first-order chi connectivity index (χ1) is 12.7. The molecule has 0 radical (unpaired) electrons. The number of benzene rings is 2. The molecule has 0 fully saturated rings. The normalized spacial score (nSPS) is 14.7. The molecule has 4 nitrogen and oxygen atoms in total. The van der Waals surface area contributed by atoms with Crippen molar-refractivity contribution in [3.8, 4) is 0 Å². The molecule has 1 aliphatic heterocycles. The lowest BCUT2D eigenvalue weighted by molar-refractivity contribution is -0.113. The summed E-state index contributed by atoms with van der Waals surface area (Å²) in [7, 11) is 0. The third kappa shape index (κ3) is 2.86. The number of amides is 1. The summed E-state index contributed by atoms with van der Waals surface area (Å²) in [5, 5.41) is 0. The lowest BCUT2D eigenvalue weighted by Crippen LogP contribution is -2.25. The van der Waals surface area contributed by atoms with Gasteiger partial charge >= 0.3 is 0 Å². The molecule has 0 saturated heterocycles. The Morgan fingerprint density at radius 1 is 1.04 bits per heavy atom. The predicted molar refractivity (Wildman–Crippen MR) is 101 cm³/mol. The lowest BCUT2D eigenvalue weighted by atomic mass is 10.0. The summed E-state index contributed by atoms with van der Waals surface area (Å²) in [5.74, 6) is 0.766. The van der Waals surface area contributed by atoms with E-state index in [0.717, 1.165) is 22.4 Å². The van der Waals surface area contributed by atoms with Gasteiger partial charge in [0.2, 0.25) is 0 Å². The van der Waals surface area contributed by atoms with Crippen molar-refractivity contribution in [3.05, 3.63) is 88.9 Å². The van der Waals surface area contributed by atoms with Crippen LogP contribution in [-0.4, -0.2) is 12.2 Å². The van der Waals surface area contributed by atoms with E-state index >= 15 is 0 Å². The maximum absolute atomic E-state index is 13.1. The smallest absolute Gasteiger partial charge is 0.259 e. The Balaban J connectivity index is 1.76. The highest BCUT2D eigenvalue weighted by Gasteiger charge is 2.33. The van der Waals surface area contributed by atoms with Gasteiger partial charge in [0.15, 0.2) is 12.0 Å². The van der Waals surface area contributed by atoms with Gasteiger partial charge in [-0.2, -0.15) is 0 Å². The van der Waals surface area contributed by atoms with Crippen molar-refractivity contribution >= 4 is 29.5 Å². The molecule has 4 heteroatoms. The molecule has 0 spiro atoms. The fraction of sp³-hybridized carbons (Fsp3) is 0.0909. The van der Waals surface area contributed by atoms with E-state index in [-0.39, 0.29) is 18.2 Å². The minimum Gasteiger partial charge on any atom is -0.456 e. The maximum Gasteiger partial charge on any atom is 0.259 e. The number of carbonyl (C=O) groups is 2. The minimum atomic E-state index is -0.0708. The fourth-order valence-corrected chi connectivity index (χ4v) is 3.18. The summed E-state index contributed by atoms with van der Waals surface area (Å²) in [6.45, 7) is 2.30. The molecule has 2 aromatic carbocycles. The fourth-order valence-electron chi connectivity index (χ4n) is 3.18. The average Bonchev–Trinajstić information content (AvgIpc) is 3.21. The second-order valence-electron chi connectivity index (χ2n) is 6.30. The van der Waals surface area contributed by atoms with Crippen molar-refractivity contribution in [1.29, 1.82) is 0 Å². The first-order valence-electron chi connectivity index (χ1n) is 8.39. The lowest BCUT2D eigenvalue weighted by Gasteiger charge is -2.15. The third-order valence-corrected chi connectivity index (χ3v) is 4.43. The highest BCUT2D eigenvalue weighted by Crippen LogP contribution is 2.39. The molecule has 0 atom stereocenters. The molecule has 4 rings (SSSR count). The predicted octanol–water partition coefficient (Wildman–Crippen LogP) is 4.49. The van der Waals surface area contributed by atoms with Crippen LogP contribution in [-0.2, 0) is 11.3 Å². The van der Waals surface area contributed by atoms with Gasteiger partial charge in [-0.3, -0.25) is 9.59 Å². The number of fused-ring (bicyclic) bond motifs is 1. The van der Waals surface area contributed by atoms with Gasteiger partial charge in [0, 0.05) is 11.1 Å². The van der Waals surface area contributed by atoms with Gasteiger partial charge in [-0.15, -0.1) is 0 Å². The van der Waals surface area contributed by atoms with Gasteiger partial charge in [-0.05, 0) is 42.8 Å². The SMILES string of the molecule is Cc1ccc2c(c1)/C(=C\c1ccccc1)C(=O)N2Cc1ccc(C=O)o1. The van der Waals surface area contributed by atoms with Gasteiger partial charge < -0.3 is 9.32 Å². The minimum absolute atomic E-state index is 0.0708. The Labute approximate surface area is 151 Å². The van der Waals surface area contributed by atoms with Crippen LogP contribution in [0.1, 0.15) is 33.0 Å². The summed E-state index contributed by atoms with van der Waals surface area (Å²) < 4.78 is 5.45. The van der Waals surface area contributed by atoms with Crippen molar-refractivity contribution in [2.24, 2.45) is 0 Å². The Morgan fingerprint density at radius 2 is 1.85 bits per heavy atom. The summed E-state index contributed by atoms with van der Waals surface area (Å²) in [5.41, 5.74) is 4.51. The van der Waals surface area contributed by atoms with Gasteiger partial charge in [0.1, 0.15) is 5.76 Å². The van der Waals surface area contributed by atoms with E-state index in [4.69, 9.17) is 4.42 Å². The largest absolute Gasteiger partial charge is 0.456 e. The Bertz CT molecular complexity index is 1010. The van der Waals surface area contributed by atoms with Crippen LogP contribution in [0.25, 0.3) is 11.6 Å². The molecule has 0 aliphatic carbocycles. The number of hydrogen-bond acceptors (Lipinski definition) is 3. The summed E-state index contributed by atoms with van der Waals surface area (Å²) in [6.07, 6.45) is 2.58. The number of hydrogen-bond donors (Lipinski definition) is 0. The van der Waals surface area contributed by atoms with E-state index in [9.17, 15) is 9.59 Å². The van der Waals surface area contributed by atoms with E-state index in [1.54, 1.807) is 17.0 Å². The van der Waals surface area contributed by atoms with E-state index in [0.29, 0.717) is 17.6 Å². The Kier molecular flexibility index (Phi) is 4.01. The van der Waals surface area contributed by atoms with E-state index in [2.05, 4.69) is 0 Å².